The van der Waals surface area contributed by atoms with Crippen molar-refractivity contribution in [3.05, 3.63) is 59.7 Å². The van der Waals surface area contributed by atoms with E-state index >= 15 is 0 Å². The Hall–Kier alpha value is -0.766. The van der Waals surface area contributed by atoms with Crippen molar-refractivity contribution in [3.63, 3.8) is 0 Å². The second kappa shape index (κ2) is 11.7. The Bertz CT molecular complexity index is 818. The van der Waals surface area contributed by atoms with Gasteiger partial charge in [-0.3, -0.25) is 9.98 Å². The molecule has 0 saturated carbocycles. The molecule has 0 radical (unpaired) electrons. The van der Waals surface area contributed by atoms with E-state index in [4.69, 9.17) is 39.5 Å². The number of benzene rings is 2. The second-order valence-electron chi connectivity index (χ2n) is 9.12. The fourth-order valence-corrected chi connectivity index (χ4v) is 2.93. The molecule has 0 amide bonds. The van der Waals surface area contributed by atoms with E-state index in [0.29, 0.717) is 0 Å². The van der Waals surface area contributed by atoms with Crippen LogP contribution in [0.2, 0.25) is 0 Å². The summed E-state index contributed by atoms with van der Waals surface area (Å²) in [5, 5.41) is 0. The molecule has 0 bridgehead atoms. The Morgan fingerprint density at radius 2 is 0.900 bits per heavy atom. The van der Waals surface area contributed by atoms with Crippen LogP contribution in [-0.4, -0.2) is 11.4 Å². The summed E-state index contributed by atoms with van der Waals surface area (Å²) in [5.41, 5.74) is 6.57. The molecule has 6 heteroatoms. The van der Waals surface area contributed by atoms with Gasteiger partial charge in [0.05, 0.1) is 22.8 Å². The third-order valence-electron chi connectivity index (χ3n) is 4.52. The minimum atomic E-state index is -1.77. The summed E-state index contributed by atoms with van der Waals surface area (Å²) in [4.78, 5) is 9.80. The number of hydrogen-bond acceptors (Lipinski definition) is 2. The molecule has 30 heavy (non-hydrogen) atoms. The first kappa shape index (κ1) is 27.3. The van der Waals surface area contributed by atoms with Gasteiger partial charge in [-0.1, -0.05) is 77.9 Å². The van der Waals surface area contributed by atoms with E-state index in [1.165, 1.54) is 11.1 Å². The minimum absolute atomic E-state index is 0.0598. The van der Waals surface area contributed by atoms with Crippen molar-refractivity contribution in [1.29, 1.82) is 0 Å². The van der Waals surface area contributed by atoms with Crippen molar-refractivity contribution in [2.75, 3.05) is 0 Å². The molecule has 0 aliphatic heterocycles. The first-order valence-corrected chi connectivity index (χ1v) is 15.6. The van der Waals surface area contributed by atoms with Gasteiger partial charge in [-0.25, -0.2) is 0 Å². The molecule has 0 N–H and O–H groups in total. The van der Waals surface area contributed by atoms with Gasteiger partial charge < -0.3 is 0 Å². The van der Waals surface area contributed by atoms with Gasteiger partial charge in [0.1, 0.15) is 0 Å². The molecule has 0 atom stereocenters. The van der Waals surface area contributed by atoms with Gasteiger partial charge in [0, 0.05) is 0 Å². The summed E-state index contributed by atoms with van der Waals surface area (Å²) in [7, 11) is 14.9. The van der Waals surface area contributed by atoms with Crippen LogP contribution in [-0.2, 0) is 23.1 Å². The Morgan fingerprint density at radius 3 is 1.17 bits per heavy atom. The van der Waals surface area contributed by atoms with Crippen molar-refractivity contribution in [3.8, 4) is 0 Å². The summed E-state index contributed by atoms with van der Waals surface area (Å²) >= 11 is -1.77. The molecule has 164 valence electrons. The molecule has 2 rings (SSSR count). The van der Waals surface area contributed by atoms with Gasteiger partial charge in [-0.2, -0.15) is 0 Å². The number of hydrogen-bond donors (Lipinski definition) is 0. The van der Waals surface area contributed by atoms with E-state index in [1.807, 2.05) is 26.0 Å². The van der Waals surface area contributed by atoms with E-state index < -0.39 is 12.3 Å². The average molecular weight is 506 g/mol. The average Bonchev–Trinajstić information content (AvgIpc) is 2.60. The van der Waals surface area contributed by atoms with Crippen LogP contribution in [0.3, 0.4) is 0 Å². The summed E-state index contributed by atoms with van der Waals surface area (Å²) in [6.45, 7) is 17.4. The SMILES string of the molecule is CC(=Nc1ccccc1C(C)(C)C)C(C)=Nc1ccccc1C(C)(C)C.[Cl][V]([Cl])[Cl]. The molecule has 0 saturated heterocycles. The van der Waals surface area contributed by atoms with Crippen molar-refractivity contribution in [2.24, 2.45) is 9.98 Å². The van der Waals surface area contributed by atoms with Crippen LogP contribution >= 0.6 is 29.5 Å². The standard InChI is InChI=1S/C24H32N2.3ClH.V/c1-17(25-21-15-11-9-13-19(21)23(3,4)5)18(2)26-22-16-12-10-14-20(22)24(6,7)8;;;;/h9-16H,1-8H3;3*1H;/q;;;;+3/p-3. The van der Waals surface area contributed by atoms with E-state index in [2.05, 4.69) is 77.9 Å². The van der Waals surface area contributed by atoms with Crippen LogP contribution in [0, 0.1) is 0 Å². The van der Waals surface area contributed by atoms with Crippen LogP contribution in [0.1, 0.15) is 66.5 Å². The summed E-state index contributed by atoms with van der Waals surface area (Å²) in [6, 6.07) is 16.7. The van der Waals surface area contributed by atoms with Gasteiger partial charge in [0.15, 0.2) is 0 Å². The van der Waals surface area contributed by atoms with E-state index in [1.54, 1.807) is 0 Å². The molecule has 0 aliphatic carbocycles. The number of nitrogens with zero attached hydrogens (tertiary/aromatic N) is 2. The zero-order valence-electron chi connectivity index (χ0n) is 19.1. The fourth-order valence-electron chi connectivity index (χ4n) is 2.93. The Balaban J connectivity index is 0.00000103. The van der Waals surface area contributed by atoms with Crippen LogP contribution in [0.15, 0.2) is 58.5 Å². The molecular formula is C24H32Cl3N2V. The van der Waals surface area contributed by atoms with Crippen molar-refractivity contribution >= 4 is 52.3 Å². The predicted molar refractivity (Wildman–Crippen MR) is 133 cm³/mol. The molecular weight excluding hydrogens is 474 g/mol. The number of halogens is 3. The first-order chi connectivity index (χ1) is 13.7. The van der Waals surface area contributed by atoms with E-state index in [-0.39, 0.29) is 10.8 Å². The summed E-state index contributed by atoms with van der Waals surface area (Å²) in [5.74, 6) is 0. The maximum absolute atomic E-state index is 4.95. The van der Waals surface area contributed by atoms with Gasteiger partial charge >= 0.3 is 41.8 Å². The second-order valence-corrected chi connectivity index (χ2v) is 16.0. The van der Waals surface area contributed by atoms with Crippen LogP contribution < -0.4 is 0 Å². The topological polar surface area (TPSA) is 24.7 Å². The summed E-state index contributed by atoms with van der Waals surface area (Å²) in [6.07, 6.45) is 0. The third-order valence-corrected chi connectivity index (χ3v) is 4.52. The van der Waals surface area contributed by atoms with Gasteiger partial charge in [-0.05, 0) is 47.9 Å². The molecule has 0 aromatic heterocycles. The summed E-state index contributed by atoms with van der Waals surface area (Å²) < 4.78 is 0. The molecule has 0 spiro atoms. The monoisotopic (exact) mass is 504 g/mol. The van der Waals surface area contributed by atoms with Crippen molar-refractivity contribution in [1.82, 2.24) is 0 Å². The first-order valence-electron chi connectivity index (χ1n) is 9.81. The van der Waals surface area contributed by atoms with Crippen molar-refractivity contribution in [2.45, 2.75) is 66.2 Å². The normalized spacial score (nSPS) is 13.2. The Morgan fingerprint density at radius 1 is 0.633 bits per heavy atom. The molecule has 2 nitrogen and oxygen atoms in total. The zero-order valence-corrected chi connectivity index (χ0v) is 22.8. The quantitative estimate of drug-likeness (QED) is 0.371. The van der Waals surface area contributed by atoms with Crippen molar-refractivity contribution < 1.29 is 12.3 Å². The van der Waals surface area contributed by atoms with E-state index in [9.17, 15) is 0 Å². The Kier molecular flexibility index (Phi) is 10.7. The van der Waals surface area contributed by atoms with E-state index in [0.717, 1.165) is 22.8 Å². The van der Waals surface area contributed by atoms with Crippen LogP contribution in [0.4, 0.5) is 11.4 Å². The van der Waals surface area contributed by atoms with Gasteiger partial charge in [-0.15, -0.1) is 0 Å². The predicted octanol–water partition coefficient (Wildman–Crippen LogP) is 9.23. The molecule has 0 aliphatic rings. The van der Waals surface area contributed by atoms with Crippen LogP contribution in [0.5, 0.6) is 0 Å². The molecule has 0 heterocycles. The van der Waals surface area contributed by atoms with Gasteiger partial charge in [0.25, 0.3) is 0 Å². The molecule has 0 unspecified atom stereocenters. The fraction of sp³-hybridized carbons (Fsp3) is 0.417. The molecule has 2 aromatic carbocycles. The number of rotatable bonds is 3. The maximum atomic E-state index is 4.95. The number of aliphatic imine (C=N–C) groups is 2. The number of para-hydroxylation sites is 2. The zero-order chi connectivity index (χ0) is 23.1. The molecule has 2 aromatic rings. The third kappa shape index (κ3) is 9.16. The van der Waals surface area contributed by atoms with Gasteiger partial charge in [0.2, 0.25) is 0 Å². The Labute approximate surface area is 199 Å². The molecule has 0 fully saturated rings. The van der Waals surface area contributed by atoms with Crippen LogP contribution in [0.25, 0.3) is 0 Å².